The highest BCUT2D eigenvalue weighted by molar-refractivity contribution is 6.46. The van der Waals surface area contributed by atoms with E-state index < -0.39 is 23.5 Å². The first-order valence-corrected chi connectivity index (χ1v) is 11.2. The van der Waals surface area contributed by atoms with Crippen LogP contribution in [0.2, 0.25) is 0 Å². The first-order chi connectivity index (χ1) is 16.1. The molecule has 8 nitrogen and oxygen atoms in total. The average Bonchev–Trinajstić information content (AvgIpc) is 3.03. The van der Waals surface area contributed by atoms with Crippen LogP contribution >= 0.6 is 0 Å². The van der Waals surface area contributed by atoms with Crippen molar-refractivity contribution in [1.29, 1.82) is 0 Å². The molecule has 1 aliphatic rings. The quantitative estimate of drug-likeness (QED) is 0.330. The number of phenolic OH excluding ortho intramolecular Hbond substituents is 1. The third kappa shape index (κ3) is 5.34. The van der Waals surface area contributed by atoms with Gasteiger partial charge in [-0.05, 0) is 70.7 Å². The van der Waals surface area contributed by atoms with Crippen LogP contribution in [-0.4, -0.2) is 72.1 Å². The van der Waals surface area contributed by atoms with E-state index in [0.717, 1.165) is 6.54 Å². The van der Waals surface area contributed by atoms with Crippen LogP contribution in [0.5, 0.6) is 17.2 Å². The van der Waals surface area contributed by atoms with Gasteiger partial charge in [-0.15, -0.1) is 0 Å². The predicted octanol–water partition coefficient (Wildman–Crippen LogP) is 3.56. The molecule has 1 saturated heterocycles. The number of amides is 1. The third-order valence-corrected chi connectivity index (χ3v) is 5.57. The maximum atomic E-state index is 13.1. The molecule has 0 aromatic heterocycles. The molecule has 3 rings (SSSR count). The lowest BCUT2D eigenvalue weighted by Crippen LogP contribution is -2.32. The number of carbonyl (C=O) groups is 2. The van der Waals surface area contributed by atoms with E-state index in [4.69, 9.17) is 9.47 Å². The molecule has 1 unspecified atom stereocenters. The van der Waals surface area contributed by atoms with E-state index in [2.05, 4.69) is 0 Å². The molecule has 1 heterocycles. The number of carbonyl (C=O) groups excluding carboxylic acids is 2. The summed E-state index contributed by atoms with van der Waals surface area (Å²) in [7, 11) is 5.33. The van der Waals surface area contributed by atoms with Crippen LogP contribution < -0.4 is 9.47 Å². The SMILES string of the molecule is COc1ccc(/C(O)=C2\C(=O)C(=O)N(CCCN(C)C)C2c2ccc(OC(C)C)cc2)c(O)c1. The van der Waals surface area contributed by atoms with Crippen molar-refractivity contribution in [2.45, 2.75) is 32.4 Å². The minimum absolute atomic E-state index is 0.000525. The maximum Gasteiger partial charge on any atom is 0.295 e. The van der Waals surface area contributed by atoms with Gasteiger partial charge in [0.2, 0.25) is 0 Å². The number of benzene rings is 2. The van der Waals surface area contributed by atoms with Crippen LogP contribution in [0.1, 0.15) is 37.4 Å². The molecule has 0 radical (unpaired) electrons. The van der Waals surface area contributed by atoms with Crippen LogP contribution in [0.4, 0.5) is 0 Å². The molecule has 34 heavy (non-hydrogen) atoms. The lowest BCUT2D eigenvalue weighted by Gasteiger charge is -2.26. The van der Waals surface area contributed by atoms with Crippen molar-refractivity contribution in [1.82, 2.24) is 9.80 Å². The van der Waals surface area contributed by atoms with Gasteiger partial charge in [-0.3, -0.25) is 9.59 Å². The first-order valence-electron chi connectivity index (χ1n) is 11.2. The van der Waals surface area contributed by atoms with Crippen LogP contribution in [0.3, 0.4) is 0 Å². The number of ketones is 1. The Balaban J connectivity index is 2.09. The van der Waals surface area contributed by atoms with Gasteiger partial charge < -0.3 is 29.5 Å². The van der Waals surface area contributed by atoms with Crippen molar-refractivity contribution >= 4 is 17.4 Å². The zero-order chi connectivity index (χ0) is 25.0. The Bertz CT molecular complexity index is 1080. The van der Waals surface area contributed by atoms with Crippen molar-refractivity contribution in [3.63, 3.8) is 0 Å². The molecule has 0 aliphatic carbocycles. The number of aliphatic hydroxyl groups excluding tert-OH is 1. The van der Waals surface area contributed by atoms with Crippen LogP contribution in [0.15, 0.2) is 48.0 Å². The minimum Gasteiger partial charge on any atom is -0.507 e. The lowest BCUT2D eigenvalue weighted by atomic mass is 9.95. The van der Waals surface area contributed by atoms with Gasteiger partial charge in [-0.1, -0.05) is 12.1 Å². The molecule has 0 saturated carbocycles. The third-order valence-electron chi connectivity index (χ3n) is 5.57. The average molecular weight is 469 g/mol. The minimum atomic E-state index is -0.795. The number of methoxy groups -OCH3 is 1. The fourth-order valence-electron chi connectivity index (χ4n) is 4.00. The second-order valence-electron chi connectivity index (χ2n) is 8.77. The second kappa shape index (κ2) is 10.6. The molecule has 8 heteroatoms. The summed E-state index contributed by atoms with van der Waals surface area (Å²) in [6, 6.07) is 10.7. The van der Waals surface area contributed by atoms with E-state index in [9.17, 15) is 19.8 Å². The summed E-state index contributed by atoms with van der Waals surface area (Å²) in [5.41, 5.74) is 0.652. The molecule has 1 aliphatic heterocycles. The van der Waals surface area contributed by atoms with Crippen molar-refractivity contribution in [2.75, 3.05) is 34.3 Å². The summed E-state index contributed by atoms with van der Waals surface area (Å²) in [4.78, 5) is 29.6. The van der Waals surface area contributed by atoms with E-state index >= 15 is 0 Å². The number of hydrogen-bond donors (Lipinski definition) is 2. The number of nitrogens with zero attached hydrogens (tertiary/aromatic N) is 2. The standard InChI is InChI=1S/C26H32N2O6/c1-16(2)34-18-9-7-17(8-10-18)23-22(24(30)20-12-11-19(33-5)15-21(20)29)25(31)26(32)28(23)14-6-13-27(3)4/h7-12,15-16,23,29-30H,6,13-14H2,1-5H3/b24-22+. The molecule has 2 N–H and O–H groups in total. The van der Waals surface area contributed by atoms with Crippen LogP contribution in [0.25, 0.3) is 5.76 Å². The highest BCUT2D eigenvalue weighted by atomic mass is 16.5. The molecule has 182 valence electrons. The van der Waals surface area contributed by atoms with Gasteiger partial charge in [0.25, 0.3) is 11.7 Å². The Morgan fingerprint density at radius 3 is 2.29 bits per heavy atom. The van der Waals surface area contributed by atoms with Gasteiger partial charge in [0, 0.05) is 12.6 Å². The maximum absolute atomic E-state index is 13.1. The molecule has 2 aromatic carbocycles. The highest BCUT2D eigenvalue weighted by Crippen LogP contribution is 2.41. The molecule has 1 fully saturated rings. The summed E-state index contributed by atoms with van der Waals surface area (Å²) >= 11 is 0. The number of hydrogen-bond acceptors (Lipinski definition) is 7. The number of rotatable bonds is 9. The number of phenols is 1. The molecular formula is C26H32N2O6. The molecule has 1 atom stereocenters. The molecule has 0 spiro atoms. The highest BCUT2D eigenvalue weighted by Gasteiger charge is 2.46. The van der Waals surface area contributed by atoms with Crippen molar-refractivity contribution < 1.29 is 29.3 Å². The largest absolute Gasteiger partial charge is 0.507 e. The summed E-state index contributed by atoms with van der Waals surface area (Å²) in [6.07, 6.45) is 0.652. The number of aliphatic hydroxyl groups is 1. The van der Waals surface area contributed by atoms with Gasteiger partial charge in [0.1, 0.15) is 23.0 Å². The van der Waals surface area contributed by atoms with Crippen molar-refractivity contribution in [3.8, 4) is 17.2 Å². The van der Waals surface area contributed by atoms with Crippen molar-refractivity contribution in [2.24, 2.45) is 0 Å². The number of likely N-dealkylation sites (tertiary alicyclic amines) is 1. The Kier molecular flexibility index (Phi) is 7.83. The first kappa shape index (κ1) is 25.1. The van der Waals surface area contributed by atoms with E-state index in [1.807, 2.05) is 32.8 Å². The summed E-state index contributed by atoms with van der Waals surface area (Å²) in [5.74, 6) is -1.09. The Morgan fingerprint density at radius 1 is 1.09 bits per heavy atom. The van der Waals surface area contributed by atoms with Crippen LogP contribution in [-0.2, 0) is 9.59 Å². The Hall–Kier alpha value is -3.52. The number of ether oxygens (including phenoxy) is 2. The Morgan fingerprint density at radius 2 is 1.74 bits per heavy atom. The smallest absolute Gasteiger partial charge is 0.295 e. The monoisotopic (exact) mass is 468 g/mol. The van der Waals surface area contributed by atoms with Gasteiger partial charge in [0.15, 0.2) is 0 Å². The summed E-state index contributed by atoms with van der Waals surface area (Å²) < 4.78 is 10.8. The summed E-state index contributed by atoms with van der Waals surface area (Å²) in [5, 5.41) is 21.6. The zero-order valence-corrected chi connectivity index (χ0v) is 20.2. The fourth-order valence-corrected chi connectivity index (χ4v) is 4.00. The van der Waals surface area contributed by atoms with Gasteiger partial charge in [-0.25, -0.2) is 0 Å². The molecule has 0 bridgehead atoms. The lowest BCUT2D eigenvalue weighted by molar-refractivity contribution is -0.139. The normalized spacial score (nSPS) is 17.6. The van der Waals surface area contributed by atoms with E-state index in [-0.39, 0.29) is 23.0 Å². The van der Waals surface area contributed by atoms with E-state index in [1.165, 1.54) is 24.1 Å². The van der Waals surface area contributed by atoms with E-state index in [1.54, 1.807) is 30.3 Å². The predicted molar refractivity (Wildman–Crippen MR) is 129 cm³/mol. The zero-order valence-electron chi connectivity index (χ0n) is 20.2. The summed E-state index contributed by atoms with van der Waals surface area (Å²) in [6.45, 7) is 4.92. The van der Waals surface area contributed by atoms with Gasteiger partial charge in [0.05, 0.1) is 30.4 Å². The van der Waals surface area contributed by atoms with E-state index in [0.29, 0.717) is 30.0 Å². The Labute approximate surface area is 200 Å². The van der Waals surface area contributed by atoms with Gasteiger partial charge in [-0.2, -0.15) is 0 Å². The van der Waals surface area contributed by atoms with Crippen LogP contribution in [0, 0.1) is 0 Å². The molecule has 2 aromatic rings. The second-order valence-corrected chi connectivity index (χ2v) is 8.77. The topological polar surface area (TPSA) is 99.5 Å². The van der Waals surface area contributed by atoms with Crippen molar-refractivity contribution in [3.05, 3.63) is 59.2 Å². The fraction of sp³-hybridized carbons (Fsp3) is 0.385. The molecule has 1 amide bonds. The molecular weight excluding hydrogens is 436 g/mol. The number of Topliss-reactive ketones (excluding diaryl/α,β-unsaturated/α-hetero) is 1. The van der Waals surface area contributed by atoms with Gasteiger partial charge >= 0.3 is 0 Å². The number of aromatic hydroxyl groups is 1.